The van der Waals surface area contributed by atoms with E-state index in [4.69, 9.17) is 21.6 Å². The van der Waals surface area contributed by atoms with E-state index in [1.54, 1.807) is 18.2 Å². The Labute approximate surface area is 120 Å². The van der Waals surface area contributed by atoms with Crippen molar-refractivity contribution in [3.63, 3.8) is 0 Å². The summed E-state index contributed by atoms with van der Waals surface area (Å²) in [5.74, 6) is 0.171. The summed E-state index contributed by atoms with van der Waals surface area (Å²) in [4.78, 5) is 10.4. The number of benzene rings is 2. The summed E-state index contributed by atoms with van der Waals surface area (Å²) in [5, 5.41) is 20.1. The molecule has 0 aliphatic rings. The van der Waals surface area contributed by atoms with Gasteiger partial charge in [-0.1, -0.05) is 23.7 Å². The van der Waals surface area contributed by atoms with Crippen molar-refractivity contribution in [3.05, 3.63) is 62.7 Å². The summed E-state index contributed by atoms with van der Waals surface area (Å²) in [7, 11) is 0. The number of nitro groups is 1. The summed E-state index contributed by atoms with van der Waals surface area (Å²) < 4.78 is 5.51. The van der Waals surface area contributed by atoms with Crippen LogP contribution < -0.4 is 4.74 Å². The van der Waals surface area contributed by atoms with Crippen LogP contribution in [0.4, 0.5) is 5.69 Å². The smallest absolute Gasteiger partial charge is 0.313 e. The zero-order chi connectivity index (χ0) is 14.7. The average Bonchev–Trinajstić information content (AvgIpc) is 2.41. The molecular formula is C14H9ClN2O3. The van der Waals surface area contributed by atoms with Crippen molar-refractivity contribution in [1.29, 1.82) is 5.26 Å². The van der Waals surface area contributed by atoms with Crippen LogP contribution in [0.15, 0.2) is 36.4 Å². The van der Waals surface area contributed by atoms with Crippen LogP contribution in [0, 0.1) is 28.4 Å². The lowest BCUT2D eigenvalue weighted by Crippen LogP contribution is -1.95. The minimum Gasteiger partial charge on any atom is -0.447 e. The van der Waals surface area contributed by atoms with E-state index in [1.807, 2.05) is 13.0 Å². The molecular weight excluding hydrogens is 280 g/mol. The van der Waals surface area contributed by atoms with E-state index in [0.717, 1.165) is 5.56 Å². The van der Waals surface area contributed by atoms with Crippen molar-refractivity contribution >= 4 is 17.3 Å². The van der Waals surface area contributed by atoms with Crippen LogP contribution in [0.1, 0.15) is 11.1 Å². The van der Waals surface area contributed by atoms with Crippen molar-refractivity contribution in [2.75, 3.05) is 0 Å². The maximum Gasteiger partial charge on any atom is 0.313 e. The fraction of sp³-hybridized carbons (Fsp3) is 0.0714. The van der Waals surface area contributed by atoms with Gasteiger partial charge in [-0.3, -0.25) is 10.1 Å². The van der Waals surface area contributed by atoms with Crippen LogP contribution in [-0.4, -0.2) is 4.92 Å². The number of nitro benzene ring substituents is 1. The Morgan fingerprint density at radius 3 is 2.75 bits per heavy atom. The number of nitrogens with zero attached hydrogens (tertiary/aromatic N) is 2. The maximum absolute atomic E-state index is 11.0. The average molecular weight is 289 g/mol. The Morgan fingerprint density at radius 1 is 1.35 bits per heavy atom. The second-order valence-corrected chi connectivity index (χ2v) is 4.47. The van der Waals surface area contributed by atoms with Gasteiger partial charge in [0.1, 0.15) is 11.8 Å². The molecule has 0 N–H and O–H groups in total. The van der Waals surface area contributed by atoms with Gasteiger partial charge in [0, 0.05) is 6.07 Å². The highest BCUT2D eigenvalue weighted by molar-refractivity contribution is 6.32. The van der Waals surface area contributed by atoms with E-state index in [-0.39, 0.29) is 27.8 Å². The fourth-order valence-corrected chi connectivity index (χ4v) is 1.87. The summed E-state index contributed by atoms with van der Waals surface area (Å²) in [5.41, 5.74) is 0.904. The largest absolute Gasteiger partial charge is 0.447 e. The van der Waals surface area contributed by atoms with Gasteiger partial charge in [-0.2, -0.15) is 5.26 Å². The molecule has 0 saturated heterocycles. The van der Waals surface area contributed by atoms with Gasteiger partial charge in [0.2, 0.25) is 5.75 Å². The standard InChI is InChI=1S/C14H9ClN2O3/c1-9-5-6-10(8-16)13(7-9)20-14-11(15)3-2-4-12(14)17(18)19/h2-7H,1H3. The quantitative estimate of drug-likeness (QED) is 0.626. The van der Waals surface area contributed by atoms with Gasteiger partial charge in [0.15, 0.2) is 0 Å². The van der Waals surface area contributed by atoms with Crippen LogP contribution in [0.25, 0.3) is 0 Å². The minimum absolute atomic E-state index is 0.0683. The van der Waals surface area contributed by atoms with Gasteiger partial charge >= 0.3 is 5.69 Å². The molecule has 6 heteroatoms. The summed E-state index contributed by atoms with van der Waals surface area (Å²) >= 11 is 5.95. The maximum atomic E-state index is 11.0. The lowest BCUT2D eigenvalue weighted by atomic mass is 10.1. The number of para-hydroxylation sites is 1. The molecule has 5 nitrogen and oxygen atoms in total. The molecule has 0 aromatic heterocycles. The molecule has 0 atom stereocenters. The van der Waals surface area contributed by atoms with Crippen molar-refractivity contribution in [1.82, 2.24) is 0 Å². The van der Waals surface area contributed by atoms with E-state index in [9.17, 15) is 10.1 Å². The number of ether oxygens (including phenoxy) is 1. The SMILES string of the molecule is Cc1ccc(C#N)c(Oc2c(Cl)cccc2[N+](=O)[O-])c1. The lowest BCUT2D eigenvalue weighted by Gasteiger charge is -2.09. The predicted octanol–water partition coefficient (Wildman–Crippen LogP) is 4.22. The van der Waals surface area contributed by atoms with Crippen LogP contribution in [0.3, 0.4) is 0 Å². The molecule has 0 spiro atoms. The zero-order valence-electron chi connectivity index (χ0n) is 10.5. The van der Waals surface area contributed by atoms with Crippen LogP contribution in [0.2, 0.25) is 5.02 Å². The number of hydrogen-bond acceptors (Lipinski definition) is 4. The molecule has 2 rings (SSSR count). The summed E-state index contributed by atoms with van der Waals surface area (Å²) in [6.45, 7) is 1.83. The molecule has 0 heterocycles. The molecule has 0 amide bonds. The first-order valence-corrected chi connectivity index (χ1v) is 6.02. The van der Waals surface area contributed by atoms with Crippen LogP contribution >= 0.6 is 11.6 Å². The summed E-state index contributed by atoms with van der Waals surface area (Å²) in [6.07, 6.45) is 0. The molecule has 0 unspecified atom stereocenters. The van der Waals surface area contributed by atoms with Gasteiger partial charge in [-0.25, -0.2) is 0 Å². The normalized spacial score (nSPS) is 9.85. The Bertz CT molecular complexity index is 723. The Hall–Kier alpha value is -2.58. The number of halogens is 1. The van der Waals surface area contributed by atoms with Gasteiger partial charge in [-0.15, -0.1) is 0 Å². The molecule has 20 heavy (non-hydrogen) atoms. The van der Waals surface area contributed by atoms with Crippen molar-refractivity contribution in [2.24, 2.45) is 0 Å². The second kappa shape index (κ2) is 5.59. The Kier molecular flexibility index (Phi) is 3.87. The first-order valence-electron chi connectivity index (χ1n) is 5.64. The molecule has 2 aromatic rings. The van der Waals surface area contributed by atoms with Crippen molar-refractivity contribution in [3.8, 4) is 17.6 Å². The van der Waals surface area contributed by atoms with E-state index in [2.05, 4.69) is 0 Å². The number of nitriles is 1. The fourth-order valence-electron chi connectivity index (χ4n) is 1.66. The highest BCUT2D eigenvalue weighted by Gasteiger charge is 2.20. The highest BCUT2D eigenvalue weighted by Crippen LogP contribution is 2.38. The second-order valence-electron chi connectivity index (χ2n) is 4.06. The third-order valence-corrected chi connectivity index (χ3v) is 2.91. The van der Waals surface area contributed by atoms with E-state index >= 15 is 0 Å². The van der Waals surface area contributed by atoms with Gasteiger partial charge in [0.05, 0.1) is 15.5 Å². The lowest BCUT2D eigenvalue weighted by molar-refractivity contribution is -0.385. The number of aryl methyl sites for hydroxylation is 1. The van der Waals surface area contributed by atoms with Gasteiger partial charge < -0.3 is 4.74 Å². The Balaban J connectivity index is 2.53. The molecule has 100 valence electrons. The third kappa shape index (κ3) is 2.71. The highest BCUT2D eigenvalue weighted by atomic mass is 35.5. The van der Waals surface area contributed by atoms with E-state index in [1.165, 1.54) is 18.2 Å². The first-order chi connectivity index (χ1) is 9.52. The third-order valence-electron chi connectivity index (χ3n) is 2.61. The predicted molar refractivity (Wildman–Crippen MR) is 74.1 cm³/mol. The molecule has 0 bridgehead atoms. The molecule has 0 aliphatic heterocycles. The molecule has 0 fully saturated rings. The number of hydrogen-bond donors (Lipinski definition) is 0. The zero-order valence-corrected chi connectivity index (χ0v) is 11.2. The minimum atomic E-state index is -0.580. The topological polar surface area (TPSA) is 76.2 Å². The van der Waals surface area contributed by atoms with E-state index in [0.29, 0.717) is 0 Å². The van der Waals surface area contributed by atoms with Gasteiger partial charge in [-0.05, 0) is 30.7 Å². The van der Waals surface area contributed by atoms with Crippen LogP contribution in [0.5, 0.6) is 11.5 Å². The van der Waals surface area contributed by atoms with Gasteiger partial charge in [0.25, 0.3) is 0 Å². The van der Waals surface area contributed by atoms with Crippen LogP contribution in [-0.2, 0) is 0 Å². The molecule has 0 saturated carbocycles. The first kappa shape index (κ1) is 13.8. The van der Waals surface area contributed by atoms with E-state index < -0.39 is 4.92 Å². The van der Waals surface area contributed by atoms with Crippen molar-refractivity contribution in [2.45, 2.75) is 6.92 Å². The molecule has 0 radical (unpaired) electrons. The molecule has 0 aliphatic carbocycles. The monoisotopic (exact) mass is 288 g/mol. The Morgan fingerprint density at radius 2 is 2.10 bits per heavy atom. The van der Waals surface area contributed by atoms with Crippen molar-refractivity contribution < 1.29 is 9.66 Å². The number of rotatable bonds is 3. The molecule has 2 aromatic carbocycles. The summed E-state index contributed by atoms with van der Waals surface area (Å²) in [6, 6.07) is 11.2.